The third kappa shape index (κ3) is 10.6. The Morgan fingerprint density at radius 1 is 0.943 bits per heavy atom. The van der Waals surface area contributed by atoms with Crippen LogP contribution in [0.25, 0.3) is 0 Å². The summed E-state index contributed by atoms with van der Waals surface area (Å²) in [5.41, 5.74) is 2.18. The van der Waals surface area contributed by atoms with Gasteiger partial charge in [0.2, 0.25) is 5.91 Å². The van der Waals surface area contributed by atoms with Crippen LogP contribution in [0.5, 0.6) is 5.75 Å². The zero-order chi connectivity index (χ0) is 24.0. The van der Waals surface area contributed by atoms with Gasteiger partial charge in [0.1, 0.15) is 5.75 Å². The van der Waals surface area contributed by atoms with Gasteiger partial charge in [-0.15, -0.1) is 0 Å². The standard InChI is InChI=1S/C24H32N3O2.C5H5.Fe/c1-20(21-9-3-4-10-21)19-24(28)25-13-7-8-14-26-15-17-27(18-16-26)22-11-5-6-12-23(22)29-2;1-2-4-5-3-1;/h3-6,9-12,19H,7-8,13-18H2,1-2H3,(H,25,28);1-5H;/q;;+2/b20-19+;;. The molecule has 0 spiro atoms. The molecule has 35 heavy (non-hydrogen) atoms. The average molecular weight is 515 g/mol. The van der Waals surface area contributed by atoms with Crippen molar-refractivity contribution >= 4 is 11.6 Å². The smallest absolute Gasteiger partial charge is 0.495 e. The molecule has 1 aromatic rings. The van der Waals surface area contributed by atoms with Gasteiger partial charge in [-0.1, -0.05) is 17.7 Å². The van der Waals surface area contributed by atoms with Crippen molar-refractivity contribution in [1.82, 2.24) is 10.2 Å². The number of hydrogen-bond acceptors (Lipinski definition) is 4. The summed E-state index contributed by atoms with van der Waals surface area (Å²) in [6, 6.07) is 8.23. The van der Waals surface area contributed by atoms with E-state index in [0.29, 0.717) is 0 Å². The quantitative estimate of drug-likeness (QED) is 0.306. The van der Waals surface area contributed by atoms with E-state index < -0.39 is 0 Å². The van der Waals surface area contributed by atoms with Gasteiger partial charge in [0.25, 0.3) is 0 Å². The summed E-state index contributed by atoms with van der Waals surface area (Å²) in [4.78, 5) is 16.9. The molecule has 1 aromatic carbocycles. The summed E-state index contributed by atoms with van der Waals surface area (Å²) in [5, 5.41) is 3.00. The van der Waals surface area contributed by atoms with Crippen LogP contribution in [0, 0.1) is 63.7 Å². The minimum atomic E-state index is -0.00544. The molecule has 3 aliphatic rings. The predicted molar refractivity (Wildman–Crippen MR) is 140 cm³/mol. The number of piperazine rings is 1. The van der Waals surface area contributed by atoms with E-state index in [0.717, 1.165) is 69.4 Å². The molecule has 4 rings (SSSR count). The van der Waals surface area contributed by atoms with Crippen LogP contribution in [0.1, 0.15) is 19.8 Å². The van der Waals surface area contributed by atoms with Gasteiger partial charge >= 0.3 is 17.1 Å². The molecule has 2 saturated carbocycles. The first-order valence-corrected chi connectivity index (χ1v) is 12.1. The second kappa shape index (κ2) is 17.1. The molecule has 0 bridgehead atoms. The van der Waals surface area contributed by atoms with Crippen molar-refractivity contribution in [2.75, 3.05) is 51.3 Å². The summed E-state index contributed by atoms with van der Waals surface area (Å²) in [5.74, 6) is 2.04. The molecule has 6 heteroatoms. The van der Waals surface area contributed by atoms with E-state index in [1.807, 2.05) is 76.8 Å². The number of allylic oxidation sites excluding steroid dienone is 1. The van der Waals surface area contributed by atoms with Gasteiger partial charge in [-0.2, -0.15) is 0 Å². The van der Waals surface area contributed by atoms with E-state index in [1.54, 1.807) is 13.2 Å². The maximum atomic E-state index is 12.0. The Labute approximate surface area is 224 Å². The zero-order valence-corrected chi connectivity index (χ0v) is 21.9. The van der Waals surface area contributed by atoms with Gasteiger partial charge in [0, 0.05) is 44.7 Å². The Morgan fingerprint density at radius 3 is 2.20 bits per heavy atom. The summed E-state index contributed by atoms with van der Waals surface area (Å²) >= 11 is 0. The van der Waals surface area contributed by atoms with E-state index in [4.69, 9.17) is 4.74 Å². The minimum Gasteiger partial charge on any atom is -0.495 e. The van der Waals surface area contributed by atoms with Gasteiger partial charge in [-0.05, 0) is 96.2 Å². The van der Waals surface area contributed by atoms with Gasteiger partial charge < -0.3 is 15.0 Å². The Kier molecular flexibility index (Phi) is 14.5. The molecule has 0 atom stereocenters. The fourth-order valence-corrected chi connectivity index (χ4v) is 4.06. The largest absolute Gasteiger partial charge is 2.00 e. The predicted octanol–water partition coefficient (Wildman–Crippen LogP) is 4.08. The third-order valence-electron chi connectivity index (χ3n) is 6.02. The fourth-order valence-electron chi connectivity index (χ4n) is 4.06. The van der Waals surface area contributed by atoms with Gasteiger partial charge in [-0.25, -0.2) is 0 Å². The van der Waals surface area contributed by atoms with Crippen molar-refractivity contribution in [3.8, 4) is 5.75 Å². The van der Waals surface area contributed by atoms with Crippen LogP contribution in [-0.2, 0) is 21.9 Å². The maximum Gasteiger partial charge on any atom is 2.00 e. The van der Waals surface area contributed by atoms with Crippen LogP contribution in [0.3, 0.4) is 0 Å². The first-order valence-electron chi connectivity index (χ1n) is 12.1. The summed E-state index contributed by atoms with van der Waals surface area (Å²) < 4.78 is 5.49. The maximum absolute atomic E-state index is 12.0. The van der Waals surface area contributed by atoms with Gasteiger partial charge in [0.15, 0.2) is 0 Å². The summed E-state index contributed by atoms with van der Waals surface area (Å²) in [6.45, 7) is 7.94. The molecule has 0 unspecified atom stereocenters. The number of anilines is 1. The number of nitrogens with one attached hydrogen (secondary N) is 1. The zero-order valence-electron chi connectivity index (χ0n) is 20.8. The summed E-state index contributed by atoms with van der Waals surface area (Å²) in [7, 11) is 1.73. The Bertz CT molecular complexity index is 744. The Hall–Kier alpha value is -1.49. The van der Waals surface area contributed by atoms with Crippen molar-refractivity contribution in [3.63, 3.8) is 0 Å². The number of ether oxygens (including phenoxy) is 1. The Balaban J connectivity index is 0.000000640. The minimum absolute atomic E-state index is 0. The van der Waals surface area contributed by atoms with E-state index in [9.17, 15) is 4.79 Å². The number of hydrogen-bond donors (Lipinski definition) is 1. The van der Waals surface area contributed by atoms with Gasteiger partial charge in [0.05, 0.1) is 12.8 Å². The molecule has 1 heterocycles. The number of carbonyl (C=O) groups excluding carboxylic acids is 1. The average Bonchev–Trinajstić information content (AvgIpc) is 3.62. The normalized spacial score (nSPS) is 19.0. The number of rotatable bonds is 9. The SMILES string of the molecule is COc1ccccc1N1CCN(CCCCNC(=O)/C=C(\C)[C]2[CH][CH][CH][CH]2)CC1.[CH]1[CH][CH][CH][CH]1.[Fe+2]. The van der Waals surface area contributed by atoms with E-state index in [-0.39, 0.29) is 23.0 Å². The molecule has 10 radical (unpaired) electrons. The van der Waals surface area contributed by atoms with Crippen LogP contribution < -0.4 is 15.0 Å². The molecule has 1 saturated heterocycles. The van der Waals surface area contributed by atoms with Crippen LogP contribution in [-0.4, -0.2) is 57.2 Å². The fraction of sp³-hybridized carbons (Fsp3) is 0.345. The molecule has 2 aliphatic carbocycles. The molecular weight excluding hydrogens is 478 g/mol. The molecule has 5 nitrogen and oxygen atoms in total. The number of carbonyl (C=O) groups is 1. The monoisotopic (exact) mass is 515 g/mol. The van der Waals surface area contributed by atoms with E-state index >= 15 is 0 Å². The molecule has 186 valence electrons. The molecule has 1 N–H and O–H groups in total. The second-order valence-electron chi connectivity index (χ2n) is 8.46. The number of amides is 1. The van der Waals surface area contributed by atoms with Crippen LogP contribution in [0.2, 0.25) is 0 Å². The molecule has 3 fully saturated rings. The Morgan fingerprint density at radius 2 is 1.57 bits per heavy atom. The number of nitrogens with zero attached hydrogens (tertiary/aromatic N) is 2. The van der Waals surface area contributed by atoms with Crippen LogP contribution >= 0.6 is 0 Å². The van der Waals surface area contributed by atoms with Crippen LogP contribution in [0.15, 0.2) is 35.9 Å². The number of para-hydroxylation sites is 2. The number of unbranched alkanes of at least 4 members (excludes halogenated alkanes) is 1. The van der Waals surface area contributed by atoms with Crippen molar-refractivity contribution in [2.45, 2.75) is 19.8 Å². The van der Waals surface area contributed by atoms with E-state index in [1.165, 1.54) is 5.69 Å². The topological polar surface area (TPSA) is 44.8 Å². The second-order valence-corrected chi connectivity index (χ2v) is 8.46. The molecular formula is C29H37FeN3O2+2. The van der Waals surface area contributed by atoms with Crippen molar-refractivity contribution < 1.29 is 26.6 Å². The van der Waals surface area contributed by atoms with Gasteiger partial charge in [-0.3, -0.25) is 9.69 Å². The molecule has 1 aliphatic heterocycles. The van der Waals surface area contributed by atoms with Crippen molar-refractivity contribution in [2.24, 2.45) is 0 Å². The number of methoxy groups -OCH3 is 1. The van der Waals surface area contributed by atoms with Crippen molar-refractivity contribution in [3.05, 3.63) is 99.6 Å². The van der Waals surface area contributed by atoms with E-state index in [2.05, 4.69) is 27.2 Å². The third-order valence-corrected chi connectivity index (χ3v) is 6.02. The molecule has 0 aromatic heterocycles. The first kappa shape index (κ1) is 29.7. The van der Waals surface area contributed by atoms with Crippen LogP contribution in [0.4, 0.5) is 5.69 Å². The summed E-state index contributed by atoms with van der Waals surface area (Å²) in [6.07, 6.45) is 21.8. The first-order chi connectivity index (χ1) is 16.7. The molecule has 1 amide bonds. The van der Waals surface area contributed by atoms with Crippen molar-refractivity contribution in [1.29, 1.82) is 0 Å². The number of benzene rings is 1.